The number of rotatable bonds is 4. The van der Waals surface area contributed by atoms with Crippen LogP contribution in [-0.2, 0) is 16.5 Å². The van der Waals surface area contributed by atoms with Crippen LogP contribution in [0, 0.1) is 5.92 Å². The van der Waals surface area contributed by atoms with E-state index in [0.717, 1.165) is 57.9 Å². The van der Waals surface area contributed by atoms with E-state index in [2.05, 4.69) is 21.9 Å². The molecule has 118 valence electrons. The highest BCUT2D eigenvalue weighted by atomic mass is 16.5. The van der Waals surface area contributed by atoms with E-state index in [1.54, 1.807) is 0 Å². The van der Waals surface area contributed by atoms with Crippen LogP contribution < -0.4 is 5.32 Å². The zero-order valence-electron chi connectivity index (χ0n) is 13.0. The first-order chi connectivity index (χ1) is 10.3. The maximum absolute atomic E-state index is 5.59. The average Bonchev–Trinajstić information content (AvgIpc) is 2.78. The Morgan fingerprint density at radius 3 is 2.67 bits per heavy atom. The second kappa shape index (κ2) is 7.38. The van der Waals surface area contributed by atoms with Crippen molar-refractivity contribution in [3.05, 3.63) is 18.2 Å². The molecule has 3 heterocycles. The van der Waals surface area contributed by atoms with Gasteiger partial charge in [0.05, 0.1) is 6.04 Å². The van der Waals surface area contributed by atoms with Gasteiger partial charge in [-0.1, -0.05) is 0 Å². The van der Waals surface area contributed by atoms with Gasteiger partial charge in [0.25, 0.3) is 0 Å². The molecule has 0 radical (unpaired) electrons. The van der Waals surface area contributed by atoms with Crippen LogP contribution in [0.1, 0.15) is 44.0 Å². The largest absolute Gasteiger partial charge is 0.381 e. The number of nitrogens with one attached hydrogen (secondary N) is 1. The number of ether oxygens (including phenoxy) is 2. The topological polar surface area (TPSA) is 48.3 Å². The van der Waals surface area contributed by atoms with Crippen LogP contribution in [0.15, 0.2) is 12.4 Å². The van der Waals surface area contributed by atoms with Gasteiger partial charge in [0.15, 0.2) is 0 Å². The average molecular weight is 293 g/mol. The number of hydrogen-bond donors (Lipinski definition) is 1. The molecule has 0 spiro atoms. The molecule has 2 aliphatic heterocycles. The molecule has 5 heteroatoms. The Balaban J connectivity index is 1.73. The van der Waals surface area contributed by atoms with Crippen molar-refractivity contribution in [1.82, 2.24) is 14.9 Å². The standard InChI is InChI=1S/C16H27N3O2/c1-19-8-7-17-16(19)15(13-4-10-21-11-5-13)18-14-3-2-9-20-12-6-14/h7-8,13-15,18H,2-6,9-12H2,1H3/t14-,15-/m1/s1. The predicted molar refractivity (Wildman–Crippen MR) is 81.1 cm³/mol. The van der Waals surface area contributed by atoms with Crippen molar-refractivity contribution in [1.29, 1.82) is 0 Å². The summed E-state index contributed by atoms with van der Waals surface area (Å²) in [5.74, 6) is 1.77. The van der Waals surface area contributed by atoms with Gasteiger partial charge in [0.2, 0.25) is 0 Å². The van der Waals surface area contributed by atoms with Crippen molar-refractivity contribution < 1.29 is 9.47 Å². The Morgan fingerprint density at radius 2 is 1.90 bits per heavy atom. The van der Waals surface area contributed by atoms with Crippen molar-refractivity contribution >= 4 is 0 Å². The van der Waals surface area contributed by atoms with Crippen LogP contribution in [0.2, 0.25) is 0 Å². The molecule has 0 saturated carbocycles. The van der Waals surface area contributed by atoms with E-state index in [1.807, 2.05) is 12.4 Å². The van der Waals surface area contributed by atoms with Gasteiger partial charge in [-0.05, 0) is 38.0 Å². The normalized spacial score (nSPS) is 26.4. The Hall–Kier alpha value is -0.910. The fourth-order valence-corrected chi connectivity index (χ4v) is 3.47. The first-order valence-corrected chi connectivity index (χ1v) is 8.23. The van der Waals surface area contributed by atoms with Gasteiger partial charge in [0, 0.05) is 51.9 Å². The maximum atomic E-state index is 5.59. The lowest BCUT2D eigenvalue weighted by Gasteiger charge is -2.33. The molecule has 0 aromatic carbocycles. The van der Waals surface area contributed by atoms with Crippen molar-refractivity contribution in [3.63, 3.8) is 0 Å². The van der Waals surface area contributed by atoms with Gasteiger partial charge >= 0.3 is 0 Å². The molecule has 0 unspecified atom stereocenters. The molecule has 21 heavy (non-hydrogen) atoms. The van der Waals surface area contributed by atoms with Gasteiger partial charge < -0.3 is 19.4 Å². The molecule has 2 aliphatic rings. The first kappa shape index (κ1) is 15.0. The molecular weight excluding hydrogens is 266 g/mol. The Morgan fingerprint density at radius 1 is 1.14 bits per heavy atom. The summed E-state index contributed by atoms with van der Waals surface area (Å²) in [5, 5.41) is 3.89. The van der Waals surface area contributed by atoms with Gasteiger partial charge in [-0.15, -0.1) is 0 Å². The summed E-state index contributed by atoms with van der Waals surface area (Å²) in [6, 6.07) is 0.869. The summed E-state index contributed by atoms with van der Waals surface area (Å²) < 4.78 is 13.3. The summed E-state index contributed by atoms with van der Waals surface area (Å²) in [7, 11) is 2.09. The third-order valence-electron chi connectivity index (χ3n) is 4.74. The predicted octanol–water partition coefficient (Wildman–Crippen LogP) is 2.05. The number of imidazole rings is 1. The van der Waals surface area contributed by atoms with Crippen LogP contribution in [0.3, 0.4) is 0 Å². The second-order valence-corrected chi connectivity index (χ2v) is 6.23. The molecule has 1 aromatic heterocycles. The molecule has 1 N–H and O–H groups in total. The molecule has 3 rings (SSSR count). The van der Waals surface area contributed by atoms with Crippen LogP contribution in [0.4, 0.5) is 0 Å². The molecule has 5 nitrogen and oxygen atoms in total. The van der Waals surface area contributed by atoms with Crippen molar-refractivity contribution in [2.75, 3.05) is 26.4 Å². The smallest absolute Gasteiger partial charge is 0.125 e. The SMILES string of the molecule is Cn1ccnc1[C@H](N[C@@H]1CCCOCC1)C1CCOCC1. The number of aromatic nitrogens is 2. The first-order valence-electron chi connectivity index (χ1n) is 8.23. The molecule has 2 atom stereocenters. The van der Waals surface area contributed by atoms with Crippen molar-refractivity contribution in [3.8, 4) is 0 Å². The number of nitrogens with zero attached hydrogens (tertiary/aromatic N) is 2. The van der Waals surface area contributed by atoms with E-state index in [-0.39, 0.29) is 0 Å². The van der Waals surface area contributed by atoms with Gasteiger partial charge in [0.1, 0.15) is 5.82 Å². The molecule has 2 fully saturated rings. The van der Waals surface area contributed by atoms with Gasteiger partial charge in [-0.2, -0.15) is 0 Å². The molecule has 0 amide bonds. The summed E-state index contributed by atoms with van der Waals surface area (Å²) in [6.45, 7) is 3.53. The van der Waals surface area contributed by atoms with Crippen LogP contribution >= 0.6 is 0 Å². The number of aryl methyl sites for hydroxylation is 1. The maximum Gasteiger partial charge on any atom is 0.125 e. The zero-order valence-corrected chi connectivity index (χ0v) is 13.0. The zero-order chi connectivity index (χ0) is 14.5. The third kappa shape index (κ3) is 3.84. The molecule has 0 bridgehead atoms. The fraction of sp³-hybridized carbons (Fsp3) is 0.812. The molecule has 0 aliphatic carbocycles. The van der Waals surface area contributed by atoms with E-state index in [9.17, 15) is 0 Å². The van der Waals surface area contributed by atoms with E-state index in [4.69, 9.17) is 9.47 Å². The Kier molecular flexibility index (Phi) is 5.27. The highest BCUT2D eigenvalue weighted by Crippen LogP contribution is 2.30. The van der Waals surface area contributed by atoms with E-state index in [0.29, 0.717) is 18.0 Å². The van der Waals surface area contributed by atoms with Crippen LogP contribution in [0.5, 0.6) is 0 Å². The lowest BCUT2D eigenvalue weighted by molar-refractivity contribution is 0.0496. The van der Waals surface area contributed by atoms with Gasteiger partial charge in [-0.25, -0.2) is 4.98 Å². The van der Waals surface area contributed by atoms with Crippen LogP contribution in [-0.4, -0.2) is 42.0 Å². The fourth-order valence-electron chi connectivity index (χ4n) is 3.47. The van der Waals surface area contributed by atoms with E-state index >= 15 is 0 Å². The monoisotopic (exact) mass is 293 g/mol. The minimum Gasteiger partial charge on any atom is -0.381 e. The molecular formula is C16H27N3O2. The quantitative estimate of drug-likeness (QED) is 0.923. The lowest BCUT2D eigenvalue weighted by atomic mass is 9.90. The summed E-state index contributed by atoms with van der Waals surface area (Å²) in [5.41, 5.74) is 0. The summed E-state index contributed by atoms with van der Waals surface area (Å²) >= 11 is 0. The Labute approximate surface area is 127 Å². The van der Waals surface area contributed by atoms with Crippen molar-refractivity contribution in [2.24, 2.45) is 13.0 Å². The number of hydrogen-bond acceptors (Lipinski definition) is 4. The van der Waals surface area contributed by atoms with Crippen molar-refractivity contribution in [2.45, 2.75) is 44.2 Å². The summed E-state index contributed by atoms with van der Waals surface area (Å²) in [4.78, 5) is 4.61. The van der Waals surface area contributed by atoms with E-state index in [1.165, 1.54) is 6.42 Å². The highest BCUT2D eigenvalue weighted by molar-refractivity contribution is 5.02. The third-order valence-corrected chi connectivity index (χ3v) is 4.74. The Bertz CT molecular complexity index is 421. The van der Waals surface area contributed by atoms with E-state index < -0.39 is 0 Å². The molecule has 2 saturated heterocycles. The second-order valence-electron chi connectivity index (χ2n) is 6.23. The van der Waals surface area contributed by atoms with Gasteiger partial charge in [-0.3, -0.25) is 0 Å². The lowest BCUT2D eigenvalue weighted by Crippen LogP contribution is -2.40. The minimum atomic E-state index is 0.331. The summed E-state index contributed by atoms with van der Waals surface area (Å²) in [6.07, 6.45) is 9.63. The van der Waals surface area contributed by atoms with Crippen LogP contribution in [0.25, 0.3) is 0 Å². The minimum absolute atomic E-state index is 0.331. The highest BCUT2D eigenvalue weighted by Gasteiger charge is 2.30. The molecule has 1 aromatic rings.